The summed E-state index contributed by atoms with van der Waals surface area (Å²) in [6, 6.07) is 1.85. The fraction of sp³-hybridized carbons (Fsp3) is 0.250. The Morgan fingerprint density at radius 2 is 2.35 bits per heavy atom. The van der Waals surface area contributed by atoms with Crippen molar-refractivity contribution in [3.05, 3.63) is 34.3 Å². The maximum atomic E-state index is 12.1. The molecule has 0 aliphatic carbocycles. The minimum Gasteiger partial charge on any atom is -0.320 e. The Kier molecular flexibility index (Phi) is 4.57. The van der Waals surface area contributed by atoms with E-state index < -0.39 is 10.0 Å². The fourth-order valence-corrected chi connectivity index (χ4v) is 3.36. The van der Waals surface area contributed by atoms with Gasteiger partial charge in [-0.3, -0.25) is 4.68 Å². The molecular formula is C12H14N4O2S2. The third-order valence-electron chi connectivity index (χ3n) is 2.48. The minimum atomic E-state index is -3.55. The summed E-state index contributed by atoms with van der Waals surface area (Å²) in [6.07, 6.45) is 2.76. The molecule has 6 nitrogen and oxygen atoms in total. The van der Waals surface area contributed by atoms with Gasteiger partial charge >= 0.3 is 0 Å². The highest BCUT2D eigenvalue weighted by atomic mass is 32.2. The number of sulfonamides is 1. The van der Waals surface area contributed by atoms with Crippen molar-refractivity contribution in [3.8, 4) is 11.8 Å². The van der Waals surface area contributed by atoms with Crippen molar-refractivity contribution >= 4 is 21.4 Å². The van der Waals surface area contributed by atoms with Gasteiger partial charge in [0.15, 0.2) is 0 Å². The van der Waals surface area contributed by atoms with E-state index >= 15 is 0 Å². The zero-order valence-corrected chi connectivity index (χ0v) is 12.5. The van der Waals surface area contributed by atoms with Crippen LogP contribution in [0.15, 0.2) is 28.7 Å². The van der Waals surface area contributed by atoms with Gasteiger partial charge in [0.25, 0.3) is 0 Å². The van der Waals surface area contributed by atoms with E-state index in [0.717, 1.165) is 10.4 Å². The fourth-order valence-electron chi connectivity index (χ4n) is 1.52. The second-order valence-corrected chi connectivity index (χ2v) is 6.71. The highest BCUT2D eigenvalue weighted by Crippen LogP contribution is 2.16. The molecule has 0 unspecified atom stereocenters. The number of hydrogen-bond acceptors (Lipinski definition) is 5. The summed E-state index contributed by atoms with van der Waals surface area (Å²) < 4.78 is 28.1. The predicted molar refractivity (Wildman–Crippen MR) is 77.5 cm³/mol. The smallest absolute Gasteiger partial charge is 0.244 e. The number of thiophene rings is 1. The van der Waals surface area contributed by atoms with Gasteiger partial charge in [-0.15, -0.1) is 11.3 Å². The molecule has 0 bridgehead atoms. The molecule has 0 atom stereocenters. The molecule has 0 saturated heterocycles. The Bertz CT molecular complexity index is 750. The van der Waals surface area contributed by atoms with Gasteiger partial charge in [0.05, 0.1) is 12.7 Å². The first kappa shape index (κ1) is 14.7. The lowest BCUT2D eigenvalue weighted by molar-refractivity contribution is 0.581. The van der Waals surface area contributed by atoms with Gasteiger partial charge in [-0.25, -0.2) is 13.1 Å². The van der Waals surface area contributed by atoms with Crippen LogP contribution >= 0.6 is 11.3 Å². The van der Waals surface area contributed by atoms with Crippen molar-refractivity contribution in [3.63, 3.8) is 0 Å². The van der Waals surface area contributed by atoms with Crippen molar-refractivity contribution in [2.75, 3.05) is 6.54 Å². The third kappa shape index (κ3) is 3.46. The van der Waals surface area contributed by atoms with Crippen LogP contribution in [-0.4, -0.2) is 24.7 Å². The second kappa shape index (κ2) is 6.19. The first-order valence-electron chi connectivity index (χ1n) is 5.76. The molecular weight excluding hydrogens is 296 g/mol. The number of aromatic nitrogens is 2. The van der Waals surface area contributed by atoms with Crippen molar-refractivity contribution in [1.29, 1.82) is 0 Å². The van der Waals surface area contributed by atoms with Gasteiger partial charge < -0.3 is 5.73 Å². The van der Waals surface area contributed by atoms with E-state index in [-0.39, 0.29) is 18.0 Å². The van der Waals surface area contributed by atoms with Crippen molar-refractivity contribution in [2.45, 2.75) is 11.4 Å². The molecule has 0 aliphatic rings. The molecule has 2 heterocycles. The molecule has 0 aliphatic heterocycles. The lowest BCUT2D eigenvalue weighted by Gasteiger charge is -2.03. The number of rotatable bonds is 4. The van der Waals surface area contributed by atoms with Crippen LogP contribution < -0.4 is 10.5 Å². The molecule has 0 spiro atoms. The van der Waals surface area contributed by atoms with Crippen LogP contribution in [0.3, 0.4) is 0 Å². The van der Waals surface area contributed by atoms with E-state index in [1.807, 2.05) is 11.4 Å². The average molecular weight is 310 g/mol. The lowest BCUT2D eigenvalue weighted by atomic mass is 10.2. The molecule has 106 valence electrons. The molecule has 0 saturated carbocycles. The molecule has 20 heavy (non-hydrogen) atoms. The first-order chi connectivity index (χ1) is 9.53. The quantitative estimate of drug-likeness (QED) is 0.793. The van der Waals surface area contributed by atoms with Gasteiger partial charge in [0, 0.05) is 30.2 Å². The molecule has 0 aromatic carbocycles. The number of nitrogens with zero attached hydrogens (tertiary/aromatic N) is 2. The largest absolute Gasteiger partial charge is 0.320 e. The Balaban J connectivity index is 2.11. The van der Waals surface area contributed by atoms with Crippen LogP contribution in [0.5, 0.6) is 0 Å². The van der Waals surface area contributed by atoms with Crippen LogP contribution in [0.4, 0.5) is 0 Å². The lowest BCUT2D eigenvalue weighted by Crippen LogP contribution is -2.22. The SMILES string of the molecule is Cn1cc(S(=O)(=O)NCc2sccc2C#CCN)cn1. The number of nitrogens with two attached hydrogens (primary N) is 1. The summed E-state index contributed by atoms with van der Waals surface area (Å²) in [5.74, 6) is 5.67. The molecule has 0 amide bonds. The summed E-state index contributed by atoms with van der Waals surface area (Å²) in [4.78, 5) is 1.00. The van der Waals surface area contributed by atoms with Gasteiger partial charge in [-0.2, -0.15) is 5.10 Å². The zero-order chi connectivity index (χ0) is 14.6. The standard InChI is InChI=1S/C12H14N4O2S2/c1-16-9-11(7-14-16)20(17,18)15-8-12-10(3-2-5-13)4-6-19-12/h4,6-7,9,15H,5,8,13H2,1H3. The predicted octanol–water partition coefficient (Wildman–Crippen LogP) is 0.270. The topological polar surface area (TPSA) is 90.0 Å². The Hall–Kier alpha value is -1.66. The van der Waals surface area contributed by atoms with E-state index in [1.165, 1.54) is 28.4 Å². The van der Waals surface area contributed by atoms with Gasteiger partial charge in [0.1, 0.15) is 4.90 Å². The van der Waals surface area contributed by atoms with Gasteiger partial charge in [-0.05, 0) is 11.4 Å². The highest BCUT2D eigenvalue weighted by Gasteiger charge is 2.16. The average Bonchev–Trinajstić information content (AvgIpc) is 3.03. The van der Waals surface area contributed by atoms with Gasteiger partial charge in [0.2, 0.25) is 10.0 Å². The first-order valence-corrected chi connectivity index (χ1v) is 8.13. The van der Waals surface area contributed by atoms with E-state index in [0.29, 0.717) is 0 Å². The summed E-state index contributed by atoms with van der Waals surface area (Å²) >= 11 is 1.45. The third-order valence-corrected chi connectivity index (χ3v) is 4.76. The molecule has 0 fully saturated rings. The van der Waals surface area contributed by atoms with Crippen LogP contribution in [0.25, 0.3) is 0 Å². The molecule has 2 rings (SSSR count). The van der Waals surface area contributed by atoms with Crippen LogP contribution in [0.1, 0.15) is 10.4 Å². The normalized spacial score (nSPS) is 11.1. The van der Waals surface area contributed by atoms with E-state index in [9.17, 15) is 8.42 Å². The number of aryl methyl sites for hydroxylation is 1. The summed E-state index contributed by atoms with van der Waals surface area (Å²) in [7, 11) is -1.89. The van der Waals surface area contributed by atoms with Crippen molar-refractivity contribution in [1.82, 2.24) is 14.5 Å². The van der Waals surface area contributed by atoms with Gasteiger partial charge in [-0.1, -0.05) is 11.8 Å². The summed E-state index contributed by atoms with van der Waals surface area (Å²) in [6.45, 7) is 0.472. The number of nitrogens with one attached hydrogen (secondary N) is 1. The van der Waals surface area contributed by atoms with Crippen LogP contribution in [0, 0.1) is 11.8 Å². The Morgan fingerprint density at radius 1 is 1.55 bits per heavy atom. The van der Waals surface area contributed by atoms with E-state index in [2.05, 4.69) is 21.7 Å². The Morgan fingerprint density at radius 3 is 3.00 bits per heavy atom. The molecule has 8 heteroatoms. The molecule has 2 aromatic heterocycles. The Labute approximate surface area is 121 Å². The second-order valence-electron chi connectivity index (χ2n) is 3.94. The maximum Gasteiger partial charge on any atom is 0.244 e. The molecule has 2 aromatic rings. The van der Waals surface area contributed by atoms with E-state index in [4.69, 9.17) is 5.73 Å². The summed E-state index contributed by atoms with van der Waals surface area (Å²) in [5, 5.41) is 5.72. The number of hydrogen-bond donors (Lipinski definition) is 2. The van der Waals surface area contributed by atoms with Crippen molar-refractivity contribution in [2.24, 2.45) is 12.8 Å². The minimum absolute atomic E-state index is 0.145. The highest BCUT2D eigenvalue weighted by molar-refractivity contribution is 7.89. The van der Waals surface area contributed by atoms with Crippen LogP contribution in [-0.2, 0) is 23.6 Å². The molecule has 3 N–H and O–H groups in total. The van der Waals surface area contributed by atoms with Crippen molar-refractivity contribution < 1.29 is 8.42 Å². The zero-order valence-electron chi connectivity index (χ0n) is 10.8. The maximum absolute atomic E-state index is 12.1. The molecule has 0 radical (unpaired) electrons. The monoisotopic (exact) mass is 310 g/mol. The van der Waals surface area contributed by atoms with E-state index in [1.54, 1.807) is 7.05 Å². The summed E-state index contributed by atoms with van der Waals surface area (Å²) in [5.41, 5.74) is 6.13. The van der Waals surface area contributed by atoms with Crippen LogP contribution in [0.2, 0.25) is 0 Å².